The maximum atomic E-state index is 5.28. The van der Waals surface area contributed by atoms with Crippen molar-refractivity contribution in [2.24, 2.45) is 4.99 Å². The first kappa shape index (κ1) is 14.2. The third-order valence-corrected chi connectivity index (χ3v) is 2.56. The highest BCUT2D eigenvalue weighted by Crippen LogP contribution is 2.39. The number of aliphatic imine (C=N–C) groups is 1. The van der Waals surface area contributed by atoms with Crippen LogP contribution in [0.5, 0.6) is 17.2 Å². The van der Waals surface area contributed by atoms with E-state index in [0.717, 1.165) is 17.9 Å². The second kappa shape index (κ2) is 6.74. The first-order valence-corrected chi connectivity index (χ1v) is 5.72. The highest BCUT2D eigenvalue weighted by molar-refractivity contribution is 5.95. The lowest BCUT2D eigenvalue weighted by Crippen LogP contribution is -2.10. The molecule has 0 aliphatic carbocycles. The zero-order valence-corrected chi connectivity index (χ0v) is 11.5. The van der Waals surface area contributed by atoms with Gasteiger partial charge in [-0.05, 0) is 0 Å². The van der Waals surface area contributed by atoms with E-state index < -0.39 is 0 Å². The highest BCUT2D eigenvalue weighted by atomic mass is 16.5. The predicted octanol–water partition coefficient (Wildman–Crippen LogP) is 2.56. The third-order valence-electron chi connectivity index (χ3n) is 2.56. The first-order valence-electron chi connectivity index (χ1n) is 5.72. The molecule has 0 amide bonds. The van der Waals surface area contributed by atoms with Crippen molar-refractivity contribution in [3.05, 3.63) is 12.1 Å². The SMILES string of the molecule is CCC(=NC)Nc1cc(OC)c(OC)c(OC)c1. The number of hydrogen-bond acceptors (Lipinski definition) is 4. The Morgan fingerprint density at radius 2 is 1.67 bits per heavy atom. The van der Waals surface area contributed by atoms with Crippen LogP contribution in [0.1, 0.15) is 13.3 Å². The van der Waals surface area contributed by atoms with Crippen molar-refractivity contribution in [3.8, 4) is 17.2 Å². The molecule has 0 spiro atoms. The zero-order valence-electron chi connectivity index (χ0n) is 11.5. The van der Waals surface area contributed by atoms with E-state index in [1.807, 2.05) is 19.1 Å². The van der Waals surface area contributed by atoms with Gasteiger partial charge in [0.1, 0.15) is 5.84 Å². The minimum atomic E-state index is 0.581. The molecule has 0 bridgehead atoms. The number of anilines is 1. The molecule has 18 heavy (non-hydrogen) atoms. The topological polar surface area (TPSA) is 52.1 Å². The van der Waals surface area contributed by atoms with Crippen LogP contribution in [0.3, 0.4) is 0 Å². The van der Waals surface area contributed by atoms with Crippen molar-refractivity contribution in [2.75, 3.05) is 33.7 Å². The number of hydrogen-bond donors (Lipinski definition) is 1. The van der Waals surface area contributed by atoms with Gasteiger partial charge in [-0.15, -0.1) is 0 Å². The first-order chi connectivity index (χ1) is 8.69. The molecule has 1 N–H and O–H groups in total. The maximum Gasteiger partial charge on any atom is 0.203 e. The van der Waals surface area contributed by atoms with E-state index in [1.54, 1.807) is 28.4 Å². The standard InChI is InChI=1S/C13H20N2O3/c1-6-12(14-2)15-9-7-10(16-3)13(18-5)11(8-9)17-4/h7-8H,6H2,1-5H3,(H,14,15). The van der Waals surface area contributed by atoms with Crippen LogP contribution >= 0.6 is 0 Å². The van der Waals surface area contributed by atoms with Gasteiger partial charge in [0.05, 0.1) is 21.3 Å². The lowest BCUT2D eigenvalue weighted by atomic mass is 10.2. The Bertz CT molecular complexity index is 405. The number of rotatable bonds is 5. The van der Waals surface area contributed by atoms with Crippen LogP contribution in [0.4, 0.5) is 5.69 Å². The van der Waals surface area contributed by atoms with Crippen LogP contribution in [0.25, 0.3) is 0 Å². The number of nitrogens with one attached hydrogen (secondary N) is 1. The van der Waals surface area contributed by atoms with Crippen molar-refractivity contribution < 1.29 is 14.2 Å². The molecule has 0 unspecified atom stereocenters. The van der Waals surface area contributed by atoms with Gasteiger partial charge in [0, 0.05) is 31.3 Å². The summed E-state index contributed by atoms with van der Waals surface area (Å²) in [6.45, 7) is 2.04. The summed E-state index contributed by atoms with van der Waals surface area (Å²) in [5.41, 5.74) is 0.854. The molecule has 0 heterocycles. The quantitative estimate of drug-likeness (QED) is 0.646. The van der Waals surface area contributed by atoms with Gasteiger partial charge in [-0.3, -0.25) is 4.99 Å². The van der Waals surface area contributed by atoms with Crippen LogP contribution in [0, 0.1) is 0 Å². The third kappa shape index (κ3) is 3.06. The molecule has 0 fully saturated rings. The van der Waals surface area contributed by atoms with Gasteiger partial charge in [0.25, 0.3) is 0 Å². The van der Waals surface area contributed by atoms with Crippen LogP contribution < -0.4 is 19.5 Å². The van der Waals surface area contributed by atoms with Gasteiger partial charge in [0.2, 0.25) is 5.75 Å². The van der Waals surface area contributed by atoms with Crippen molar-refractivity contribution >= 4 is 11.5 Å². The molecule has 0 aliphatic heterocycles. The number of ether oxygens (including phenoxy) is 3. The van der Waals surface area contributed by atoms with E-state index in [2.05, 4.69) is 10.3 Å². The van der Waals surface area contributed by atoms with E-state index in [1.165, 1.54) is 0 Å². The van der Waals surface area contributed by atoms with Gasteiger partial charge in [0.15, 0.2) is 11.5 Å². The Labute approximate surface area is 108 Å². The van der Waals surface area contributed by atoms with E-state index in [9.17, 15) is 0 Å². The summed E-state index contributed by atoms with van der Waals surface area (Å²) in [7, 11) is 6.52. The molecule has 5 heteroatoms. The lowest BCUT2D eigenvalue weighted by Gasteiger charge is -2.15. The summed E-state index contributed by atoms with van der Waals surface area (Å²) in [5, 5.41) is 3.21. The summed E-state index contributed by atoms with van der Waals surface area (Å²) in [6, 6.07) is 3.70. The van der Waals surface area contributed by atoms with Gasteiger partial charge < -0.3 is 19.5 Å². The summed E-state index contributed by atoms with van der Waals surface area (Å²) in [5.74, 6) is 2.71. The van der Waals surface area contributed by atoms with Crippen LogP contribution in [0.15, 0.2) is 17.1 Å². The molecule has 0 atom stereocenters. The fourth-order valence-electron chi connectivity index (χ4n) is 1.62. The van der Waals surface area contributed by atoms with Crippen molar-refractivity contribution in [1.82, 2.24) is 0 Å². The van der Waals surface area contributed by atoms with E-state index >= 15 is 0 Å². The Morgan fingerprint density at radius 1 is 1.11 bits per heavy atom. The molecular weight excluding hydrogens is 232 g/mol. The molecule has 100 valence electrons. The molecule has 1 aromatic carbocycles. The normalized spacial score (nSPS) is 11.1. The number of methoxy groups -OCH3 is 3. The predicted molar refractivity (Wildman–Crippen MR) is 73.4 cm³/mol. The molecule has 1 aromatic rings. The molecule has 0 radical (unpaired) electrons. The minimum absolute atomic E-state index is 0.581. The van der Waals surface area contributed by atoms with Crippen LogP contribution in [-0.4, -0.2) is 34.2 Å². The molecular formula is C13H20N2O3. The van der Waals surface area contributed by atoms with Gasteiger partial charge in [-0.25, -0.2) is 0 Å². The summed E-state index contributed by atoms with van der Waals surface area (Å²) >= 11 is 0. The Hall–Kier alpha value is -1.91. The van der Waals surface area contributed by atoms with Gasteiger partial charge in [-0.1, -0.05) is 6.92 Å². The minimum Gasteiger partial charge on any atom is -0.493 e. The van der Waals surface area contributed by atoms with E-state index in [4.69, 9.17) is 14.2 Å². The Kier molecular flexibility index (Phi) is 5.30. The van der Waals surface area contributed by atoms with Gasteiger partial charge in [-0.2, -0.15) is 0 Å². The highest BCUT2D eigenvalue weighted by Gasteiger charge is 2.13. The largest absolute Gasteiger partial charge is 0.493 e. The van der Waals surface area contributed by atoms with Crippen LogP contribution in [0.2, 0.25) is 0 Å². The molecule has 0 aromatic heterocycles. The summed E-state index contributed by atoms with van der Waals surface area (Å²) < 4.78 is 15.8. The summed E-state index contributed by atoms with van der Waals surface area (Å²) in [6.07, 6.45) is 0.827. The number of nitrogens with zero attached hydrogens (tertiary/aromatic N) is 1. The molecule has 0 aliphatic rings. The van der Waals surface area contributed by atoms with Crippen LogP contribution in [-0.2, 0) is 0 Å². The monoisotopic (exact) mass is 252 g/mol. The average molecular weight is 252 g/mol. The fourth-order valence-corrected chi connectivity index (χ4v) is 1.62. The molecule has 0 saturated carbocycles. The maximum absolute atomic E-state index is 5.28. The smallest absolute Gasteiger partial charge is 0.203 e. The lowest BCUT2D eigenvalue weighted by molar-refractivity contribution is 0.324. The second-order valence-corrected chi connectivity index (χ2v) is 3.56. The fraction of sp³-hybridized carbons (Fsp3) is 0.462. The number of benzene rings is 1. The Morgan fingerprint density at radius 3 is 2.00 bits per heavy atom. The molecule has 0 saturated heterocycles. The van der Waals surface area contributed by atoms with E-state index in [0.29, 0.717) is 17.2 Å². The Balaban J connectivity index is 3.15. The molecule has 1 rings (SSSR count). The van der Waals surface area contributed by atoms with E-state index in [-0.39, 0.29) is 0 Å². The van der Waals surface area contributed by atoms with Gasteiger partial charge >= 0.3 is 0 Å². The molecule has 5 nitrogen and oxygen atoms in total. The van der Waals surface area contributed by atoms with Crippen molar-refractivity contribution in [1.29, 1.82) is 0 Å². The van der Waals surface area contributed by atoms with Crippen molar-refractivity contribution in [2.45, 2.75) is 13.3 Å². The second-order valence-electron chi connectivity index (χ2n) is 3.56. The zero-order chi connectivity index (χ0) is 13.5. The summed E-state index contributed by atoms with van der Waals surface area (Å²) in [4.78, 5) is 4.15. The van der Waals surface area contributed by atoms with Crippen molar-refractivity contribution in [3.63, 3.8) is 0 Å². The number of amidine groups is 1. The average Bonchev–Trinajstić information content (AvgIpc) is 2.43.